The van der Waals surface area contributed by atoms with E-state index in [1.807, 2.05) is 0 Å². The van der Waals surface area contributed by atoms with E-state index in [9.17, 15) is 57.1 Å². The fraction of sp³-hybridized carbons (Fsp3) is 1.00. The molecule has 0 aliphatic carbocycles. The molecule has 0 spiro atoms. The molecule has 0 saturated carbocycles. The first-order chi connectivity index (χ1) is 12.6. The average molecular weight is 876 g/mol. The van der Waals surface area contributed by atoms with Gasteiger partial charge in [0.05, 0.1) is 47.4 Å². The fourth-order valence-corrected chi connectivity index (χ4v) is 0.107. The van der Waals surface area contributed by atoms with Crippen LogP contribution in [-0.2, 0) is 0 Å². The average Bonchev–Trinajstić information content (AvgIpc) is 2.60. The number of rotatable bonds is 2. The van der Waals surface area contributed by atoms with Crippen LogP contribution in [0.4, 0.5) is 57.1 Å². The van der Waals surface area contributed by atoms with E-state index in [-0.39, 0.29) is 94.2 Å². The van der Waals surface area contributed by atoms with Crippen molar-refractivity contribution in [2.75, 3.05) is 61.5 Å². The minimum absolute atomic E-state index is 0. The Kier molecular flexibility index (Phi) is 1120. The third-order valence-electron chi connectivity index (χ3n) is 0.462. The van der Waals surface area contributed by atoms with Crippen LogP contribution < -0.4 is 0 Å². The molecule has 0 aromatic carbocycles. The number of hydrogen-bond donors (Lipinski definition) is 1. The van der Waals surface area contributed by atoms with E-state index in [4.69, 9.17) is 5.11 Å². The maximum Gasteiger partial charge on any atom is 0.391 e. The predicted molar refractivity (Wildman–Crippen MR) is 149 cm³/mol. The Hall–Kier alpha value is -1.95. The molecule has 0 radical (unpaired) electrons. The van der Waals surface area contributed by atoms with Gasteiger partial charge in [-0.05, 0) is 13.8 Å². The van der Waals surface area contributed by atoms with E-state index >= 15 is 0 Å². The van der Waals surface area contributed by atoms with Gasteiger partial charge in [0.15, 0.2) is 0 Å². The Morgan fingerprint density at radius 3 is 0.579 bits per heavy atom. The van der Waals surface area contributed by atoms with Crippen molar-refractivity contribution in [3.05, 3.63) is 0 Å². The van der Waals surface area contributed by atoms with Gasteiger partial charge in [0, 0.05) is 0 Å². The van der Waals surface area contributed by atoms with Crippen molar-refractivity contribution in [1.29, 1.82) is 0 Å². The second kappa shape index (κ2) is 280. The Bertz CT molecular complexity index is 134. The second-order valence-electron chi connectivity index (χ2n) is 2.20. The molecule has 0 saturated heterocycles. The molecule has 1 N–H and O–H groups in total. The van der Waals surface area contributed by atoms with Crippen LogP contribution >= 0.6 is 0 Å². The summed E-state index contributed by atoms with van der Waals surface area (Å²) in [6, 6.07) is 0. The number of hydrogen-bond acceptors (Lipinski definition) is 1. The summed E-state index contributed by atoms with van der Waals surface area (Å²) in [4.78, 5) is 0. The van der Waals surface area contributed by atoms with Gasteiger partial charge in [-0.2, -0.15) is 13.2 Å². The van der Waals surface area contributed by atoms with Gasteiger partial charge in [0.2, 0.25) is 13.9 Å². The van der Waals surface area contributed by atoms with Crippen molar-refractivity contribution in [3.8, 4) is 0 Å². The molecule has 0 bridgehead atoms. The van der Waals surface area contributed by atoms with Gasteiger partial charge in [-0.3, -0.25) is 22.0 Å². The van der Waals surface area contributed by atoms with Crippen LogP contribution in [0.2, 0.25) is 0 Å². The van der Waals surface area contributed by atoms with Gasteiger partial charge >= 0.3 is 6.18 Å². The molecular weight excluding hydrogens is 806 g/mol. The van der Waals surface area contributed by atoms with E-state index in [1.165, 1.54) is 13.8 Å². The molecule has 0 unspecified atom stereocenters. The number of aliphatic hydroxyl groups is 1. The number of halogens is 13. The van der Waals surface area contributed by atoms with Crippen LogP contribution in [0.15, 0.2) is 0 Å². The third-order valence-corrected chi connectivity index (χ3v) is 0.462. The smallest absolute Gasteiger partial charge is 0.391 e. The zero-order chi connectivity index (χ0) is 24.2. The summed E-state index contributed by atoms with van der Waals surface area (Å²) in [5.41, 5.74) is 0. The van der Waals surface area contributed by atoms with Crippen LogP contribution in [0.3, 0.4) is 0 Å². The molecule has 0 fully saturated rings. The molecule has 0 aliphatic rings. The zero-order valence-electron chi connectivity index (χ0n) is 16.2. The molecule has 0 amide bonds. The quantitative estimate of drug-likeness (QED) is 0.274. The molecule has 38 heavy (non-hydrogen) atoms. The maximum atomic E-state index is 10.8. The SMILES string of the molecule is C.C.C.C.C.C.C.C.C.C.CCF.CCF.CF.CF.FCCC(F)(F)F.FCF.FCF.OCCF.[Rf]. The Labute approximate surface area is 225 Å². The van der Waals surface area contributed by atoms with Crippen molar-refractivity contribution in [1.82, 2.24) is 0 Å². The van der Waals surface area contributed by atoms with Crippen molar-refractivity contribution in [2.24, 2.45) is 0 Å². The maximum absolute atomic E-state index is 10.8. The van der Waals surface area contributed by atoms with E-state index in [1.54, 1.807) is 0 Å². The summed E-state index contributed by atoms with van der Waals surface area (Å²) < 4.78 is 132. The monoisotopic (exact) mass is 876 g/mol. The Morgan fingerprint density at radius 2 is 0.579 bits per heavy atom. The van der Waals surface area contributed by atoms with Crippen LogP contribution in [0, 0.1) is 0 Å². The molecule has 0 rings (SSSR count). The summed E-state index contributed by atoms with van der Waals surface area (Å²) in [5, 5.41) is 7.50. The van der Waals surface area contributed by atoms with Crippen molar-refractivity contribution in [3.63, 3.8) is 0 Å². The largest absolute Gasteiger partial charge is 0.394 e. The first kappa shape index (κ1) is 152. The molecule has 260 valence electrons. The molecule has 0 aliphatic heterocycles. The normalized spacial score (nSPS) is 5.21. The van der Waals surface area contributed by atoms with Gasteiger partial charge in [-0.25, -0.2) is 22.0 Å². The van der Waals surface area contributed by atoms with Crippen LogP contribution in [0.5, 0.6) is 0 Å². The van der Waals surface area contributed by atoms with Crippen molar-refractivity contribution >= 4 is 0 Å². The van der Waals surface area contributed by atoms with E-state index in [2.05, 4.69) is 0 Å². The Morgan fingerprint density at radius 1 is 0.474 bits per heavy atom. The van der Waals surface area contributed by atoms with Crippen LogP contribution in [0.25, 0.3) is 0 Å². The molecular formula is C23H69F13ORf. The minimum Gasteiger partial charge on any atom is -0.394 e. The van der Waals surface area contributed by atoms with Gasteiger partial charge in [-0.15, -0.1) is 0 Å². The molecule has 15 heteroatoms. The number of alkyl halides is 13. The van der Waals surface area contributed by atoms with Gasteiger partial charge < -0.3 is 5.11 Å². The van der Waals surface area contributed by atoms with Crippen molar-refractivity contribution < 1.29 is 62.2 Å². The summed E-state index contributed by atoms with van der Waals surface area (Å²) in [7, 11) is 1.00. The summed E-state index contributed by atoms with van der Waals surface area (Å²) >= 11 is 0. The molecule has 0 atom stereocenters. The third kappa shape index (κ3) is 4000. The minimum atomic E-state index is -4.32. The second-order valence-corrected chi connectivity index (χ2v) is 2.20. The fourth-order valence-electron chi connectivity index (χ4n) is 0.107. The topological polar surface area (TPSA) is 20.2 Å². The summed E-state index contributed by atoms with van der Waals surface area (Å²) in [6.07, 6.45) is -5.65. The number of aliphatic hydroxyl groups excluding tert-OH is 1. The van der Waals surface area contributed by atoms with Gasteiger partial charge in [-0.1, -0.05) is 74.3 Å². The molecule has 1 nitrogen and oxygen atoms in total. The zero-order valence-corrected chi connectivity index (χ0v) is 22.6. The predicted octanol–water partition coefficient (Wildman–Crippen LogP) is 13.1. The molecule has 0 aromatic heterocycles. The van der Waals surface area contributed by atoms with E-state index < -0.39 is 39.8 Å². The van der Waals surface area contributed by atoms with Crippen LogP contribution in [0.1, 0.15) is 94.5 Å². The molecule has 0 heterocycles. The Balaban J connectivity index is -0.00000000632. The first-order valence-electron chi connectivity index (χ1n) is 6.54. The summed E-state index contributed by atoms with van der Waals surface area (Å²) in [5.74, 6) is 0. The van der Waals surface area contributed by atoms with Gasteiger partial charge in [0.25, 0.3) is 0 Å². The summed E-state index contributed by atoms with van der Waals surface area (Å²) in [6.45, 7) is -3.37. The van der Waals surface area contributed by atoms with E-state index in [0.717, 1.165) is 0 Å². The van der Waals surface area contributed by atoms with E-state index in [0.29, 0.717) is 14.4 Å². The molecule has 0 aromatic rings. The van der Waals surface area contributed by atoms with Crippen LogP contribution in [-0.4, -0.2) is 72.8 Å². The van der Waals surface area contributed by atoms with Gasteiger partial charge in [0.1, 0.15) is 6.67 Å². The standard InChI is InChI=1S/C3H4F4.C2H5FO.2C2H5F.2CH2F2.2CH3F.10CH4.Rf/c4-2-1-3(5,6)7;3-1-2-4;2*1-2-3;2*2-1-3;2*1-2;;;;;;;;;;;/h1-2H2;4H,1-2H2;2*2H2,1H3;2*1H2;2*1H3;10*1H4;. The first-order valence-corrected chi connectivity index (χ1v) is 6.54. The van der Waals surface area contributed by atoms with Crippen molar-refractivity contribution in [2.45, 2.75) is 101 Å².